The number of hydrogen-bond donors (Lipinski definition) is 1. The van der Waals surface area contributed by atoms with Gasteiger partial charge in [-0.2, -0.15) is 5.10 Å². The van der Waals surface area contributed by atoms with E-state index in [1.807, 2.05) is 37.3 Å². The van der Waals surface area contributed by atoms with Crippen molar-refractivity contribution in [3.63, 3.8) is 0 Å². The van der Waals surface area contributed by atoms with E-state index in [9.17, 15) is 14.9 Å². The zero-order valence-corrected chi connectivity index (χ0v) is 12.7. The summed E-state index contributed by atoms with van der Waals surface area (Å²) < 4.78 is 0. The number of nitrogens with one attached hydrogen (secondary N) is 1. The van der Waals surface area contributed by atoms with Gasteiger partial charge in [0.15, 0.2) is 0 Å². The Balaban J connectivity index is 1.92. The lowest BCUT2D eigenvalue weighted by Gasteiger charge is -2.03. The van der Waals surface area contributed by atoms with Gasteiger partial charge in [0.1, 0.15) is 0 Å². The Morgan fingerprint density at radius 2 is 1.91 bits per heavy atom. The maximum absolute atomic E-state index is 12.0. The number of carbonyl (C=O) groups is 1. The Labute approximate surface area is 134 Å². The summed E-state index contributed by atoms with van der Waals surface area (Å²) in [6.07, 6.45) is 1.56. The van der Waals surface area contributed by atoms with Crippen molar-refractivity contribution in [2.24, 2.45) is 5.10 Å². The van der Waals surface area contributed by atoms with Crippen molar-refractivity contribution in [1.82, 2.24) is 5.43 Å². The second kappa shape index (κ2) is 7.84. The Morgan fingerprint density at radius 3 is 2.61 bits per heavy atom. The molecule has 0 spiro atoms. The molecule has 2 aromatic rings. The van der Waals surface area contributed by atoms with Crippen LogP contribution in [0.5, 0.6) is 0 Å². The van der Waals surface area contributed by atoms with E-state index >= 15 is 0 Å². The van der Waals surface area contributed by atoms with Crippen LogP contribution in [0.25, 0.3) is 0 Å². The van der Waals surface area contributed by atoms with E-state index in [-0.39, 0.29) is 11.3 Å². The van der Waals surface area contributed by atoms with Crippen LogP contribution in [0.1, 0.15) is 29.3 Å². The number of benzene rings is 2. The maximum atomic E-state index is 12.0. The number of nitrogens with zero attached hydrogens (tertiary/aromatic N) is 2. The van der Waals surface area contributed by atoms with Crippen LogP contribution in [0.3, 0.4) is 0 Å². The summed E-state index contributed by atoms with van der Waals surface area (Å²) in [5, 5.41) is 14.7. The van der Waals surface area contributed by atoms with Gasteiger partial charge in [-0.3, -0.25) is 14.9 Å². The minimum absolute atomic E-state index is 0.123. The molecular formula is C17H17N3O3. The van der Waals surface area contributed by atoms with Gasteiger partial charge in [0.25, 0.3) is 11.6 Å². The summed E-state index contributed by atoms with van der Waals surface area (Å²) in [6, 6.07) is 15.5. The van der Waals surface area contributed by atoms with E-state index in [1.165, 1.54) is 29.8 Å². The van der Waals surface area contributed by atoms with Gasteiger partial charge >= 0.3 is 0 Å². The lowest BCUT2D eigenvalue weighted by molar-refractivity contribution is -0.384. The molecule has 1 amide bonds. The number of nitro groups is 1. The lowest BCUT2D eigenvalue weighted by atomic mass is 10.1. The number of nitro benzene ring substituents is 1. The van der Waals surface area contributed by atoms with Crippen LogP contribution in [0.4, 0.5) is 5.69 Å². The molecule has 1 N–H and O–H groups in total. The van der Waals surface area contributed by atoms with Crippen molar-refractivity contribution in [3.05, 3.63) is 75.8 Å². The first-order chi connectivity index (χ1) is 11.1. The summed E-state index contributed by atoms with van der Waals surface area (Å²) >= 11 is 0. The molecule has 0 aliphatic carbocycles. The van der Waals surface area contributed by atoms with Crippen molar-refractivity contribution in [1.29, 1.82) is 0 Å². The minimum Gasteiger partial charge on any atom is -0.267 e. The number of hydrogen-bond acceptors (Lipinski definition) is 4. The van der Waals surface area contributed by atoms with Crippen molar-refractivity contribution in [3.8, 4) is 0 Å². The van der Waals surface area contributed by atoms with Crippen LogP contribution >= 0.6 is 0 Å². The average molecular weight is 311 g/mol. The van der Waals surface area contributed by atoms with Gasteiger partial charge in [-0.25, -0.2) is 5.43 Å². The van der Waals surface area contributed by atoms with Gasteiger partial charge in [0.05, 0.1) is 4.92 Å². The minimum atomic E-state index is -0.537. The molecule has 0 saturated heterocycles. The third-order valence-electron chi connectivity index (χ3n) is 3.29. The molecule has 0 aliphatic heterocycles. The third-order valence-corrected chi connectivity index (χ3v) is 3.29. The fourth-order valence-corrected chi connectivity index (χ4v) is 2.00. The SMILES string of the molecule is C/C(CCc1ccccc1)=N/NC(=O)c1cccc([N+](=O)[O-])c1. The molecule has 0 atom stereocenters. The van der Waals surface area contributed by atoms with Crippen LogP contribution in [0.2, 0.25) is 0 Å². The molecule has 0 unspecified atom stereocenters. The Hall–Kier alpha value is -3.02. The van der Waals surface area contributed by atoms with Gasteiger partial charge in [-0.15, -0.1) is 0 Å². The van der Waals surface area contributed by atoms with Gasteiger partial charge in [0.2, 0.25) is 0 Å². The number of amides is 1. The van der Waals surface area contributed by atoms with Gasteiger partial charge in [-0.05, 0) is 31.4 Å². The maximum Gasteiger partial charge on any atom is 0.271 e. The molecular weight excluding hydrogens is 294 g/mol. The molecule has 0 fully saturated rings. The standard InChI is InChI=1S/C17H17N3O3/c1-13(10-11-14-6-3-2-4-7-14)18-19-17(21)15-8-5-9-16(12-15)20(22)23/h2-9,12H,10-11H2,1H3,(H,19,21)/b18-13-. The molecule has 2 rings (SSSR count). The fourth-order valence-electron chi connectivity index (χ4n) is 2.00. The first-order valence-electron chi connectivity index (χ1n) is 7.18. The molecule has 0 aromatic heterocycles. The zero-order valence-electron chi connectivity index (χ0n) is 12.7. The molecule has 0 bridgehead atoms. The van der Waals surface area contributed by atoms with Crippen molar-refractivity contribution in [2.75, 3.05) is 0 Å². The second-order valence-electron chi connectivity index (χ2n) is 5.08. The molecule has 2 aromatic carbocycles. The summed E-state index contributed by atoms with van der Waals surface area (Å²) in [6.45, 7) is 1.83. The molecule has 0 saturated carbocycles. The van der Waals surface area contributed by atoms with E-state index in [2.05, 4.69) is 10.5 Å². The lowest BCUT2D eigenvalue weighted by Crippen LogP contribution is -2.19. The number of hydrazone groups is 1. The molecule has 0 heterocycles. The molecule has 6 nitrogen and oxygen atoms in total. The average Bonchev–Trinajstić information content (AvgIpc) is 2.58. The highest BCUT2D eigenvalue weighted by atomic mass is 16.6. The van der Waals surface area contributed by atoms with Crippen LogP contribution in [-0.4, -0.2) is 16.5 Å². The summed E-state index contributed by atoms with van der Waals surface area (Å²) in [7, 11) is 0. The van der Waals surface area contributed by atoms with Crippen LogP contribution in [0, 0.1) is 10.1 Å². The largest absolute Gasteiger partial charge is 0.271 e. The normalized spacial score (nSPS) is 11.1. The van der Waals surface area contributed by atoms with Crippen LogP contribution in [0.15, 0.2) is 59.7 Å². The summed E-state index contributed by atoms with van der Waals surface area (Å²) in [4.78, 5) is 22.1. The van der Waals surface area contributed by atoms with Crippen molar-refractivity contribution in [2.45, 2.75) is 19.8 Å². The Morgan fingerprint density at radius 1 is 1.17 bits per heavy atom. The van der Waals surface area contributed by atoms with E-state index < -0.39 is 10.8 Å². The molecule has 6 heteroatoms. The fraction of sp³-hybridized carbons (Fsp3) is 0.176. The summed E-state index contributed by atoms with van der Waals surface area (Å²) in [5.41, 5.74) is 4.50. The number of carbonyl (C=O) groups excluding carboxylic acids is 1. The molecule has 118 valence electrons. The predicted octanol–water partition coefficient (Wildman–Crippen LogP) is 3.33. The van der Waals surface area contributed by atoms with Crippen LogP contribution < -0.4 is 5.43 Å². The quantitative estimate of drug-likeness (QED) is 0.504. The van der Waals surface area contributed by atoms with E-state index in [4.69, 9.17) is 0 Å². The first-order valence-corrected chi connectivity index (χ1v) is 7.18. The van der Waals surface area contributed by atoms with Gasteiger partial charge in [0, 0.05) is 23.4 Å². The smallest absolute Gasteiger partial charge is 0.267 e. The molecule has 23 heavy (non-hydrogen) atoms. The van der Waals surface area contributed by atoms with Gasteiger partial charge in [-0.1, -0.05) is 36.4 Å². The van der Waals surface area contributed by atoms with Gasteiger partial charge < -0.3 is 0 Å². The third kappa shape index (κ3) is 5.03. The van der Waals surface area contributed by atoms with E-state index in [0.29, 0.717) is 0 Å². The highest BCUT2D eigenvalue weighted by molar-refractivity contribution is 5.95. The topological polar surface area (TPSA) is 84.6 Å². The Bertz CT molecular complexity index is 727. The van der Waals surface area contributed by atoms with Crippen LogP contribution in [-0.2, 0) is 6.42 Å². The predicted molar refractivity (Wildman–Crippen MR) is 88.4 cm³/mol. The van der Waals surface area contributed by atoms with E-state index in [0.717, 1.165) is 18.6 Å². The number of non-ortho nitro benzene ring substituents is 1. The van der Waals surface area contributed by atoms with Crippen molar-refractivity contribution >= 4 is 17.3 Å². The molecule has 0 aliphatic rings. The van der Waals surface area contributed by atoms with E-state index in [1.54, 1.807) is 0 Å². The summed E-state index contributed by atoms with van der Waals surface area (Å²) in [5.74, 6) is -0.465. The second-order valence-corrected chi connectivity index (χ2v) is 5.08. The monoisotopic (exact) mass is 311 g/mol. The zero-order chi connectivity index (χ0) is 16.7. The first kappa shape index (κ1) is 16.4. The Kier molecular flexibility index (Phi) is 5.57. The number of aryl methyl sites for hydroxylation is 1. The number of rotatable bonds is 6. The highest BCUT2D eigenvalue weighted by Gasteiger charge is 2.10. The van der Waals surface area contributed by atoms with Crippen molar-refractivity contribution < 1.29 is 9.72 Å². The molecule has 0 radical (unpaired) electrons. The highest BCUT2D eigenvalue weighted by Crippen LogP contribution is 2.12.